The lowest BCUT2D eigenvalue weighted by Gasteiger charge is -2.10. The highest BCUT2D eigenvalue weighted by atomic mass is 14.7. The summed E-state index contributed by atoms with van der Waals surface area (Å²) in [6.07, 6.45) is 0. The molecule has 0 aliphatic carbocycles. The van der Waals surface area contributed by atoms with E-state index in [-0.39, 0.29) is 0 Å². The number of hydrogen-bond donors (Lipinski definition) is 2. The first-order valence-corrected chi connectivity index (χ1v) is 8.62. The van der Waals surface area contributed by atoms with Crippen LogP contribution in [0.15, 0.2) is 97.1 Å². The van der Waals surface area contributed by atoms with Crippen molar-refractivity contribution in [3.8, 4) is 33.4 Å². The third kappa shape index (κ3) is 3.05. The van der Waals surface area contributed by atoms with Crippen LogP contribution in [0.1, 0.15) is 0 Å². The Bertz CT molecular complexity index is 1040. The fourth-order valence-electron chi connectivity index (χ4n) is 3.19. The summed E-state index contributed by atoms with van der Waals surface area (Å²) in [6.45, 7) is 0. The molecule has 0 fully saturated rings. The van der Waals surface area contributed by atoms with Gasteiger partial charge in [0.25, 0.3) is 0 Å². The zero-order valence-corrected chi connectivity index (χ0v) is 14.4. The molecule has 0 saturated carbocycles. The summed E-state index contributed by atoms with van der Waals surface area (Å²) in [5.41, 5.74) is 20.2. The lowest BCUT2D eigenvalue weighted by molar-refractivity contribution is 1.57. The second kappa shape index (κ2) is 6.77. The Labute approximate surface area is 153 Å². The van der Waals surface area contributed by atoms with Gasteiger partial charge in [-0.3, -0.25) is 0 Å². The van der Waals surface area contributed by atoms with Crippen LogP contribution in [0.3, 0.4) is 0 Å². The summed E-state index contributed by atoms with van der Waals surface area (Å²) in [6, 6.07) is 33.2. The maximum Gasteiger partial charge on any atom is 0.0627 e. The van der Waals surface area contributed by atoms with Gasteiger partial charge in [-0.15, -0.1) is 0 Å². The maximum atomic E-state index is 6.16. The summed E-state index contributed by atoms with van der Waals surface area (Å²) in [5, 5.41) is 0. The number of hydrogen-bond acceptors (Lipinski definition) is 2. The van der Waals surface area contributed by atoms with E-state index in [4.69, 9.17) is 11.5 Å². The van der Waals surface area contributed by atoms with Crippen LogP contribution in [0.2, 0.25) is 0 Å². The average molecular weight is 336 g/mol. The molecular weight excluding hydrogens is 316 g/mol. The first-order valence-electron chi connectivity index (χ1n) is 8.62. The molecule has 4 N–H and O–H groups in total. The van der Waals surface area contributed by atoms with E-state index in [9.17, 15) is 0 Å². The highest BCUT2D eigenvalue weighted by molar-refractivity contribution is 5.86. The van der Waals surface area contributed by atoms with Crippen molar-refractivity contribution in [3.05, 3.63) is 97.1 Å². The van der Waals surface area contributed by atoms with Crippen molar-refractivity contribution in [2.24, 2.45) is 0 Å². The molecule has 4 aromatic rings. The molecule has 126 valence electrons. The van der Waals surface area contributed by atoms with Crippen molar-refractivity contribution in [1.82, 2.24) is 0 Å². The average Bonchev–Trinajstić information content (AvgIpc) is 2.71. The van der Waals surface area contributed by atoms with E-state index < -0.39 is 0 Å². The van der Waals surface area contributed by atoms with Gasteiger partial charge in [-0.1, -0.05) is 84.9 Å². The standard InChI is InChI=1S/C24H20N2/c25-23-11-5-10-22(24(23)26)21-9-4-8-20(16-21)19-14-12-18(13-15-19)17-6-2-1-3-7-17/h1-16H,25-26H2. The molecule has 0 aromatic heterocycles. The van der Waals surface area contributed by atoms with Gasteiger partial charge in [-0.25, -0.2) is 0 Å². The minimum atomic E-state index is 0.611. The van der Waals surface area contributed by atoms with Crippen LogP contribution in [0.25, 0.3) is 33.4 Å². The Morgan fingerprint density at radius 1 is 0.423 bits per heavy atom. The molecule has 0 atom stereocenters. The minimum Gasteiger partial charge on any atom is -0.397 e. The maximum absolute atomic E-state index is 6.16. The molecule has 0 unspecified atom stereocenters. The van der Waals surface area contributed by atoms with Crippen LogP contribution < -0.4 is 11.5 Å². The van der Waals surface area contributed by atoms with E-state index in [0.717, 1.165) is 16.7 Å². The van der Waals surface area contributed by atoms with Crippen molar-refractivity contribution in [2.45, 2.75) is 0 Å². The number of benzene rings is 4. The van der Waals surface area contributed by atoms with E-state index in [2.05, 4.69) is 72.8 Å². The van der Waals surface area contributed by atoms with E-state index in [0.29, 0.717) is 11.4 Å². The van der Waals surface area contributed by atoms with Crippen LogP contribution in [-0.2, 0) is 0 Å². The van der Waals surface area contributed by atoms with Crippen molar-refractivity contribution in [1.29, 1.82) is 0 Å². The lowest BCUT2D eigenvalue weighted by atomic mass is 9.96. The monoisotopic (exact) mass is 336 g/mol. The third-order valence-electron chi connectivity index (χ3n) is 4.64. The third-order valence-corrected chi connectivity index (χ3v) is 4.64. The summed E-state index contributed by atoms with van der Waals surface area (Å²) < 4.78 is 0. The molecule has 2 nitrogen and oxygen atoms in total. The van der Waals surface area contributed by atoms with Crippen LogP contribution >= 0.6 is 0 Å². The molecule has 4 rings (SSSR count). The molecule has 0 spiro atoms. The Morgan fingerprint density at radius 2 is 0.962 bits per heavy atom. The lowest BCUT2D eigenvalue weighted by Crippen LogP contribution is -1.96. The van der Waals surface area contributed by atoms with Gasteiger partial charge in [-0.2, -0.15) is 0 Å². The Balaban J connectivity index is 1.70. The van der Waals surface area contributed by atoms with E-state index in [1.54, 1.807) is 0 Å². The Hall–Kier alpha value is -3.52. The van der Waals surface area contributed by atoms with Crippen LogP contribution in [0.4, 0.5) is 11.4 Å². The molecule has 26 heavy (non-hydrogen) atoms. The van der Waals surface area contributed by atoms with Gasteiger partial charge >= 0.3 is 0 Å². The number of para-hydroxylation sites is 1. The van der Waals surface area contributed by atoms with Gasteiger partial charge < -0.3 is 11.5 Å². The predicted molar refractivity (Wildman–Crippen MR) is 112 cm³/mol. The zero-order chi connectivity index (χ0) is 17.9. The molecule has 2 heteroatoms. The summed E-state index contributed by atoms with van der Waals surface area (Å²) in [5.74, 6) is 0. The quantitative estimate of drug-likeness (QED) is 0.461. The minimum absolute atomic E-state index is 0.611. The second-order valence-electron chi connectivity index (χ2n) is 6.33. The van der Waals surface area contributed by atoms with Crippen molar-refractivity contribution in [3.63, 3.8) is 0 Å². The normalized spacial score (nSPS) is 10.6. The molecular formula is C24H20N2. The Kier molecular flexibility index (Phi) is 4.16. The van der Waals surface area contributed by atoms with Crippen LogP contribution in [0.5, 0.6) is 0 Å². The second-order valence-corrected chi connectivity index (χ2v) is 6.33. The van der Waals surface area contributed by atoms with Crippen molar-refractivity contribution >= 4 is 11.4 Å². The molecule has 0 aliphatic heterocycles. The number of rotatable bonds is 3. The van der Waals surface area contributed by atoms with Crippen molar-refractivity contribution < 1.29 is 0 Å². The highest BCUT2D eigenvalue weighted by Gasteiger charge is 2.07. The zero-order valence-electron chi connectivity index (χ0n) is 14.4. The van der Waals surface area contributed by atoms with Gasteiger partial charge in [-0.05, 0) is 39.9 Å². The molecule has 0 saturated heterocycles. The number of nitrogen functional groups attached to an aromatic ring is 2. The fourth-order valence-corrected chi connectivity index (χ4v) is 3.19. The van der Waals surface area contributed by atoms with Crippen LogP contribution in [0, 0.1) is 0 Å². The first-order chi connectivity index (χ1) is 12.7. The molecule has 0 heterocycles. The Morgan fingerprint density at radius 3 is 1.69 bits per heavy atom. The topological polar surface area (TPSA) is 52.0 Å². The summed E-state index contributed by atoms with van der Waals surface area (Å²) in [7, 11) is 0. The highest BCUT2D eigenvalue weighted by Crippen LogP contribution is 2.33. The van der Waals surface area contributed by atoms with Crippen molar-refractivity contribution in [2.75, 3.05) is 11.5 Å². The number of nitrogens with two attached hydrogens (primary N) is 2. The van der Waals surface area contributed by atoms with Gasteiger partial charge in [0.1, 0.15) is 0 Å². The van der Waals surface area contributed by atoms with E-state index >= 15 is 0 Å². The van der Waals surface area contributed by atoms with Gasteiger partial charge in [0, 0.05) is 5.56 Å². The van der Waals surface area contributed by atoms with E-state index in [1.165, 1.54) is 16.7 Å². The smallest absolute Gasteiger partial charge is 0.0627 e. The summed E-state index contributed by atoms with van der Waals surface area (Å²) in [4.78, 5) is 0. The molecule has 0 radical (unpaired) electrons. The molecule has 0 bridgehead atoms. The number of anilines is 2. The molecule has 0 amide bonds. The van der Waals surface area contributed by atoms with Gasteiger partial charge in [0.15, 0.2) is 0 Å². The predicted octanol–water partition coefficient (Wildman–Crippen LogP) is 5.85. The SMILES string of the molecule is Nc1cccc(-c2cccc(-c3ccc(-c4ccccc4)cc3)c2)c1N. The van der Waals surface area contributed by atoms with Gasteiger partial charge in [0.2, 0.25) is 0 Å². The fraction of sp³-hybridized carbons (Fsp3) is 0. The summed E-state index contributed by atoms with van der Waals surface area (Å²) >= 11 is 0. The van der Waals surface area contributed by atoms with Gasteiger partial charge in [0.05, 0.1) is 11.4 Å². The first kappa shape index (κ1) is 16.0. The molecule has 4 aromatic carbocycles. The largest absolute Gasteiger partial charge is 0.397 e. The van der Waals surface area contributed by atoms with E-state index in [1.807, 2.05) is 24.3 Å². The molecule has 0 aliphatic rings. The van der Waals surface area contributed by atoms with Crippen LogP contribution in [-0.4, -0.2) is 0 Å².